The first-order valence-electron chi connectivity index (χ1n) is 6.30. The van der Waals surface area contributed by atoms with E-state index < -0.39 is 0 Å². The normalized spacial score (nSPS) is 11.2. The van der Waals surface area contributed by atoms with Gasteiger partial charge in [-0.25, -0.2) is 0 Å². The van der Waals surface area contributed by atoms with Crippen LogP contribution in [0.4, 0.5) is 0 Å². The first-order chi connectivity index (χ1) is 9.56. The van der Waals surface area contributed by atoms with Crippen LogP contribution in [0.3, 0.4) is 0 Å². The van der Waals surface area contributed by atoms with E-state index >= 15 is 0 Å². The third kappa shape index (κ3) is 2.25. The van der Waals surface area contributed by atoms with Crippen LogP contribution in [0.15, 0.2) is 17.5 Å². The number of nitrogens with zero attached hydrogens (tertiary/aromatic N) is 2. The van der Waals surface area contributed by atoms with Gasteiger partial charge in [0, 0.05) is 17.3 Å². The Bertz CT molecular complexity index is 747. The molecule has 0 atom stereocenters. The molecule has 0 radical (unpaired) electrons. The number of fused-ring (bicyclic) bond motifs is 1. The number of aromatic nitrogens is 2. The summed E-state index contributed by atoms with van der Waals surface area (Å²) in [4.78, 5) is 15.2. The zero-order valence-corrected chi connectivity index (χ0v) is 13.2. The highest BCUT2D eigenvalue weighted by molar-refractivity contribution is 7.20. The van der Waals surface area contributed by atoms with Gasteiger partial charge >= 0.3 is 0 Å². The monoisotopic (exact) mass is 305 g/mol. The SMILES string of the molecule is Cc1ccsc1CNC(=O)c1cc2c(C)nn(C)c2s1. The Balaban J connectivity index is 1.79. The number of hydrogen-bond acceptors (Lipinski definition) is 4. The van der Waals surface area contributed by atoms with E-state index in [9.17, 15) is 4.79 Å². The molecule has 0 aliphatic heterocycles. The second-order valence-electron chi connectivity index (χ2n) is 4.75. The molecule has 0 unspecified atom stereocenters. The highest BCUT2D eigenvalue weighted by Gasteiger charge is 2.15. The van der Waals surface area contributed by atoms with Gasteiger partial charge in [-0.05, 0) is 36.9 Å². The van der Waals surface area contributed by atoms with Gasteiger partial charge in [-0.3, -0.25) is 9.48 Å². The minimum absolute atomic E-state index is 0.0154. The molecule has 0 aromatic carbocycles. The smallest absolute Gasteiger partial charge is 0.261 e. The van der Waals surface area contributed by atoms with Gasteiger partial charge in [0.15, 0.2) is 0 Å². The molecule has 3 aromatic heterocycles. The van der Waals surface area contributed by atoms with Crippen molar-refractivity contribution in [3.05, 3.63) is 38.5 Å². The Morgan fingerprint density at radius 2 is 2.25 bits per heavy atom. The quantitative estimate of drug-likeness (QED) is 0.807. The van der Waals surface area contributed by atoms with Crippen LogP contribution in [0, 0.1) is 13.8 Å². The third-order valence-electron chi connectivity index (χ3n) is 3.30. The van der Waals surface area contributed by atoms with Gasteiger partial charge in [-0.1, -0.05) is 0 Å². The van der Waals surface area contributed by atoms with Gasteiger partial charge in [0.25, 0.3) is 5.91 Å². The van der Waals surface area contributed by atoms with Crippen molar-refractivity contribution in [2.24, 2.45) is 7.05 Å². The fourth-order valence-corrected chi connectivity index (χ4v) is 4.04. The van der Waals surface area contributed by atoms with E-state index in [4.69, 9.17) is 0 Å². The number of amides is 1. The van der Waals surface area contributed by atoms with Gasteiger partial charge in [-0.15, -0.1) is 22.7 Å². The molecule has 0 saturated carbocycles. The number of nitrogens with one attached hydrogen (secondary N) is 1. The fourth-order valence-electron chi connectivity index (χ4n) is 2.15. The van der Waals surface area contributed by atoms with Crippen molar-refractivity contribution >= 4 is 38.8 Å². The van der Waals surface area contributed by atoms with Gasteiger partial charge in [0.05, 0.1) is 17.1 Å². The maximum Gasteiger partial charge on any atom is 0.261 e. The molecule has 0 saturated heterocycles. The van der Waals surface area contributed by atoms with Crippen molar-refractivity contribution in [3.63, 3.8) is 0 Å². The van der Waals surface area contributed by atoms with E-state index in [1.165, 1.54) is 21.8 Å². The van der Waals surface area contributed by atoms with E-state index in [0.29, 0.717) is 6.54 Å². The number of hydrogen-bond donors (Lipinski definition) is 1. The minimum Gasteiger partial charge on any atom is -0.346 e. The zero-order chi connectivity index (χ0) is 14.3. The van der Waals surface area contributed by atoms with E-state index in [1.807, 2.05) is 30.1 Å². The zero-order valence-electron chi connectivity index (χ0n) is 11.6. The predicted octanol–water partition coefficient (Wildman–Crippen LogP) is 3.24. The van der Waals surface area contributed by atoms with E-state index in [2.05, 4.69) is 23.4 Å². The number of carbonyl (C=O) groups is 1. The van der Waals surface area contributed by atoms with Gasteiger partial charge < -0.3 is 5.32 Å². The second kappa shape index (κ2) is 5.03. The summed E-state index contributed by atoms with van der Waals surface area (Å²) in [6.07, 6.45) is 0. The average Bonchev–Trinajstić information content (AvgIpc) is 3.07. The summed E-state index contributed by atoms with van der Waals surface area (Å²) in [6.45, 7) is 4.62. The highest BCUT2D eigenvalue weighted by atomic mass is 32.1. The molecule has 0 aliphatic rings. The summed E-state index contributed by atoms with van der Waals surface area (Å²) < 4.78 is 1.83. The standard InChI is InChI=1S/C14H15N3OS2/c1-8-4-5-19-12(8)7-15-13(18)11-6-10-9(2)16-17(3)14(10)20-11/h4-6H,7H2,1-3H3,(H,15,18). The number of rotatable bonds is 3. The van der Waals surface area contributed by atoms with Crippen molar-refractivity contribution in [1.82, 2.24) is 15.1 Å². The summed E-state index contributed by atoms with van der Waals surface area (Å²) in [5, 5.41) is 10.4. The van der Waals surface area contributed by atoms with Crippen LogP contribution >= 0.6 is 22.7 Å². The topological polar surface area (TPSA) is 46.9 Å². The molecule has 1 N–H and O–H groups in total. The van der Waals surface area contributed by atoms with Crippen LogP contribution in [0.1, 0.15) is 25.8 Å². The van der Waals surface area contributed by atoms with Crippen molar-refractivity contribution < 1.29 is 4.79 Å². The van der Waals surface area contributed by atoms with Crippen LogP contribution in [-0.2, 0) is 13.6 Å². The fraction of sp³-hybridized carbons (Fsp3) is 0.286. The number of carbonyl (C=O) groups excluding carboxylic acids is 1. The molecule has 0 spiro atoms. The lowest BCUT2D eigenvalue weighted by atomic mass is 10.3. The third-order valence-corrected chi connectivity index (χ3v) is 5.52. The van der Waals surface area contributed by atoms with E-state index in [-0.39, 0.29) is 5.91 Å². The molecule has 3 rings (SSSR count). The maximum atomic E-state index is 12.2. The number of aryl methyl sites for hydroxylation is 3. The maximum absolute atomic E-state index is 12.2. The molecule has 4 nitrogen and oxygen atoms in total. The largest absolute Gasteiger partial charge is 0.346 e. The second-order valence-corrected chi connectivity index (χ2v) is 6.78. The molecule has 3 heterocycles. The lowest BCUT2D eigenvalue weighted by Gasteiger charge is -2.02. The molecule has 1 amide bonds. The van der Waals surface area contributed by atoms with Crippen molar-refractivity contribution in [1.29, 1.82) is 0 Å². The first-order valence-corrected chi connectivity index (χ1v) is 8.00. The molecule has 0 bridgehead atoms. The van der Waals surface area contributed by atoms with E-state index in [0.717, 1.165) is 20.8 Å². The Morgan fingerprint density at radius 3 is 2.90 bits per heavy atom. The predicted molar refractivity (Wildman–Crippen MR) is 83.6 cm³/mol. The van der Waals surface area contributed by atoms with E-state index in [1.54, 1.807) is 11.3 Å². The average molecular weight is 305 g/mol. The summed E-state index contributed by atoms with van der Waals surface area (Å²) in [7, 11) is 1.91. The van der Waals surface area contributed by atoms with Crippen molar-refractivity contribution in [2.75, 3.05) is 0 Å². The molecular formula is C14H15N3OS2. The van der Waals surface area contributed by atoms with Gasteiger partial charge in [0.1, 0.15) is 4.83 Å². The lowest BCUT2D eigenvalue weighted by molar-refractivity contribution is 0.0955. The molecule has 0 fully saturated rings. The van der Waals surface area contributed by atoms with Crippen LogP contribution in [0.2, 0.25) is 0 Å². The summed E-state index contributed by atoms with van der Waals surface area (Å²) in [5.74, 6) is -0.0154. The number of thiophene rings is 2. The molecule has 20 heavy (non-hydrogen) atoms. The lowest BCUT2D eigenvalue weighted by Crippen LogP contribution is -2.21. The molecule has 0 aliphatic carbocycles. The first kappa shape index (κ1) is 13.3. The Kier molecular flexibility index (Phi) is 3.35. The highest BCUT2D eigenvalue weighted by Crippen LogP contribution is 2.27. The molecular weight excluding hydrogens is 290 g/mol. The van der Waals surface area contributed by atoms with Gasteiger partial charge in [-0.2, -0.15) is 5.10 Å². The Hall–Kier alpha value is -1.66. The van der Waals surface area contributed by atoms with Crippen LogP contribution in [0.25, 0.3) is 10.2 Å². The summed E-state index contributed by atoms with van der Waals surface area (Å²) in [6, 6.07) is 4.00. The molecule has 6 heteroatoms. The van der Waals surface area contributed by atoms with Gasteiger partial charge in [0.2, 0.25) is 0 Å². The molecule has 3 aromatic rings. The van der Waals surface area contributed by atoms with Crippen molar-refractivity contribution in [3.8, 4) is 0 Å². The molecule has 104 valence electrons. The summed E-state index contributed by atoms with van der Waals surface area (Å²) in [5.41, 5.74) is 2.19. The Labute approximate surface area is 125 Å². The van der Waals surface area contributed by atoms with Crippen molar-refractivity contribution in [2.45, 2.75) is 20.4 Å². The Morgan fingerprint density at radius 1 is 1.45 bits per heavy atom. The van der Waals surface area contributed by atoms with Crippen LogP contribution in [0.5, 0.6) is 0 Å². The van der Waals surface area contributed by atoms with Crippen LogP contribution < -0.4 is 5.32 Å². The summed E-state index contributed by atoms with van der Waals surface area (Å²) >= 11 is 3.16. The van der Waals surface area contributed by atoms with Crippen LogP contribution in [-0.4, -0.2) is 15.7 Å². The minimum atomic E-state index is -0.0154.